The molecule has 1 fully saturated rings. The van der Waals surface area contributed by atoms with Gasteiger partial charge in [0, 0.05) is 12.2 Å². The maximum absolute atomic E-state index is 10.8. The summed E-state index contributed by atoms with van der Waals surface area (Å²) >= 11 is 0. The van der Waals surface area contributed by atoms with E-state index >= 15 is 0 Å². The van der Waals surface area contributed by atoms with Gasteiger partial charge in [0.15, 0.2) is 15.6 Å². The van der Waals surface area contributed by atoms with Crippen molar-refractivity contribution in [2.24, 2.45) is 5.92 Å². The molecule has 1 aliphatic rings. The number of hydrogen-bond acceptors (Lipinski definition) is 3. The minimum Gasteiger partial charge on any atom is -0.298 e. The molecule has 0 radical (unpaired) electrons. The van der Waals surface area contributed by atoms with E-state index in [0.717, 1.165) is 19.1 Å². The second-order valence-corrected chi connectivity index (χ2v) is 4.95. The molecule has 0 atom stereocenters. The van der Waals surface area contributed by atoms with Crippen molar-refractivity contribution >= 4 is 15.6 Å². The van der Waals surface area contributed by atoms with E-state index < -0.39 is 9.84 Å². The Balaban J connectivity index is 2.45. The largest absolute Gasteiger partial charge is 0.298 e. The Morgan fingerprint density at radius 3 is 2.30 bits per heavy atom. The van der Waals surface area contributed by atoms with Crippen LogP contribution in [0.1, 0.15) is 12.8 Å². The van der Waals surface area contributed by atoms with Crippen LogP contribution in [0.3, 0.4) is 0 Å². The molecule has 0 bridgehead atoms. The molecule has 10 heavy (non-hydrogen) atoms. The summed E-state index contributed by atoms with van der Waals surface area (Å²) in [6.45, 7) is 0. The van der Waals surface area contributed by atoms with E-state index in [2.05, 4.69) is 0 Å². The summed E-state index contributed by atoms with van der Waals surface area (Å²) in [5.74, 6) is -0.310. The smallest absolute Gasteiger partial charge is 0.154 e. The first-order chi connectivity index (χ1) is 4.49. The highest BCUT2D eigenvalue weighted by Crippen LogP contribution is 2.29. The van der Waals surface area contributed by atoms with Crippen molar-refractivity contribution in [2.75, 3.05) is 12.0 Å². The molecule has 3 nitrogen and oxygen atoms in total. The van der Waals surface area contributed by atoms with Crippen LogP contribution in [0.2, 0.25) is 0 Å². The second kappa shape index (κ2) is 2.34. The molecule has 0 aromatic carbocycles. The number of carbonyl (C=O) groups is 1. The summed E-state index contributed by atoms with van der Waals surface area (Å²) in [5, 5.41) is 0. The third-order valence-corrected chi connectivity index (χ3v) is 2.25. The van der Waals surface area contributed by atoms with E-state index in [-0.39, 0.29) is 17.5 Å². The average Bonchev–Trinajstić information content (AvgIpc) is 2.35. The van der Waals surface area contributed by atoms with E-state index in [0.29, 0.717) is 0 Å². The zero-order valence-corrected chi connectivity index (χ0v) is 6.65. The summed E-state index contributed by atoms with van der Waals surface area (Å²) in [7, 11) is -3.08. The molecule has 1 aliphatic carbocycles. The van der Waals surface area contributed by atoms with Crippen LogP contribution < -0.4 is 0 Å². The van der Waals surface area contributed by atoms with Crippen LogP contribution in [0.5, 0.6) is 0 Å². The van der Waals surface area contributed by atoms with Gasteiger partial charge in [-0.2, -0.15) is 0 Å². The predicted molar refractivity (Wildman–Crippen MR) is 37.4 cm³/mol. The standard InChI is InChI=1S/C6H10O3S/c1-10(8,9)4-6(7)5-2-3-5/h5H,2-4H2,1H3. The van der Waals surface area contributed by atoms with Crippen LogP contribution in [0, 0.1) is 5.92 Å². The Morgan fingerprint density at radius 2 is 2.00 bits per heavy atom. The van der Waals surface area contributed by atoms with Gasteiger partial charge < -0.3 is 0 Å². The second-order valence-electron chi connectivity index (χ2n) is 2.81. The quantitative estimate of drug-likeness (QED) is 0.587. The van der Waals surface area contributed by atoms with Crippen molar-refractivity contribution < 1.29 is 13.2 Å². The fraction of sp³-hybridized carbons (Fsp3) is 0.833. The summed E-state index contributed by atoms with van der Waals surface area (Å²) < 4.78 is 21.1. The lowest BCUT2D eigenvalue weighted by atomic mass is 10.3. The summed E-state index contributed by atoms with van der Waals surface area (Å²) in [4.78, 5) is 10.8. The van der Waals surface area contributed by atoms with Crippen molar-refractivity contribution in [1.29, 1.82) is 0 Å². The monoisotopic (exact) mass is 162 g/mol. The summed E-state index contributed by atoms with van der Waals surface area (Å²) in [6.07, 6.45) is 2.86. The Bertz CT molecular complexity index is 236. The topological polar surface area (TPSA) is 51.2 Å². The fourth-order valence-electron chi connectivity index (χ4n) is 0.782. The molecule has 58 valence electrons. The van der Waals surface area contributed by atoms with Gasteiger partial charge in [0.2, 0.25) is 0 Å². The highest BCUT2D eigenvalue weighted by atomic mass is 32.2. The first-order valence-corrected chi connectivity index (χ1v) is 5.25. The minimum absolute atomic E-state index is 0.0646. The Kier molecular flexibility index (Phi) is 1.81. The third kappa shape index (κ3) is 2.47. The van der Waals surface area contributed by atoms with E-state index in [1.807, 2.05) is 0 Å². The van der Waals surface area contributed by atoms with Crippen molar-refractivity contribution in [3.63, 3.8) is 0 Å². The number of carbonyl (C=O) groups excluding carboxylic acids is 1. The molecule has 4 heteroatoms. The normalized spacial score (nSPS) is 18.9. The van der Waals surface area contributed by atoms with Crippen LogP contribution in [-0.2, 0) is 14.6 Å². The fourth-order valence-corrected chi connectivity index (χ4v) is 1.53. The SMILES string of the molecule is CS(=O)(=O)CC(=O)C1CC1. The molecule has 0 spiro atoms. The van der Waals surface area contributed by atoms with Crippen LogP contribution in [0.4, 0.5) is 0 Å². The van der Waals surface area contributed by atoms with Gasteiger partial charge in [0.1, 0.15) is 5.75 Å². The highest BCUT2D eigenvalue weighted by molar-refractivity contribution is 7.91. The molecule has 0 aromatic rings. The lowest BCUT2D eigenvalue weighted by molar-refractivity contribution is -0.117. The lowest BCUT2D eigenvalue weighted by Gasteiger charge is -1.93. The molecule has 0 unspecified atom stereocenters. The first kappa shape index (κ1) is 7.72. The van der Waals surface area contributed by atoms with Gasteiger partial charge in [-0.3, -0.25) is 4.79 Å². The van der Waals surface area contributed by atoms with Crippen molar-refractivity contribution in [1.82, 2.24) is 0 Å². The van der Waals surface area contributed by atoms with Crippen LogP contribution in [0.25, 0.3) is 0 Å². The maximum Gasteiger partial charge on any atom is 0.154 e. The third-order valence-electron chi connectivity index (χ3n) is 1.44. The van der Waals surface area contributed by atoms with Gasteiger partial charge >= 0.3 is 0 Å². The molecule has 1 rings (SSSR count). The van der Waals surface area contributed by atoms with E-state index in [1.165, 1.54) is 0 Å². The van der Waals surface area contributed by atoms with Gasteiger partial charge in [-0.25, -0.2) is 8.42 Å². The van der Waals surface area contributed by atoms with Gasteiger partial charge in [0.05, 0.1) is 0 Å². The molecule has 0 N–H and O–H groups in total. The molecular formula is C6H10O3S. The molecule has 1 saturated carbocycles. The van der Waals surface area contributed by atoms with E-state index in [4.69, 9.17) is 0 Å². The highest BCUT2D eigenvalue weighted by Gasteiger charge is 2.31. The van der Waals surface area contributed by atoms with Gasteiger partial charge in [-0.05, 0) is 12.8 Å². The molecule has 0 amide bonds. The maximum atomic E-state index is 10.8. The summed E-state index contributed by atoms with van der Waals surface area (Å²) in [5.41, 5.74) is 0. The number of ketones is 1. The van der Waals surface area contributed by atoms with E-state index in [1.54, 1.807) is 0 Å². The number of rotatable bonds is 3. The van der Waals surface area contributed by atoms with Crippen molar-refractivity contribution in [3.05, 3.63) is 0 Å². The predicted octanol–water partition coefficient (Wildman–Crippen LogP) is 0.0101. The summed E-state index contributed by atoms with van der Waals surface area (Å²) in [6, 6.07) is 0. The zero-order valence-electron chi connectivity index (χ0n) is 5.83. The van der Waals surface area contributed by atoms with Gasteiger partial charge in [-0.15, -0.1) is 0 Å². The average molecular weight is 162 g/mol. The minimum atomic E-state index is -3.08. The molecule has 0 aliphatic heterocycles. The molecule has 0 heterocycles. The first-order valence-electron chi connectivity index (χ1n) is 3.19. The van der Waals surface area contributed by atoms with Crippen LogP contribution in [-0.4, -0.2) is 26.2 Å². The van der Waals surface area contributed by atoms with Gasteiger partial charge in [-0.1, -0.05) is 0 Å². The van der Waals surface area contributed by atoms with Gasteiger partial charge in [0.25, 0.3) is 0 Å². The zero-order chi connectivity index (χ0) is 7.78. The van der Waals surface area contributed by atoms with Crippen molar-refractivity contribution in [2.45, 2.75) is 12.8 Å². The number of Topliss-reactive ketones (excluding diaryl/α,β-unsaturated/α-hetero) is 1. The number of hydrogen-bond donors (Lipinski definition) is 0. The number of sulfone groups is 1. The molecule has 0 saturated heterocycles. The Hall–Kier alpha value is -0.380. The Labute approximate surface area is 60.3 Å². The molecule has 0 aromatic heterocycles. The van der Waals surface area contributed by atoms with Crippen LogP contribution in [0.15, 0.2) is 0 Å². The van der Waals surface area contributed by atoms with Crippen LogP contribution >= 0.6 is 0 Å². The van der Waals surface area contributed by atoms with E-state index in [9.17, 15) is 13.2 Å². The molecular weight excluding hydrogens is 152 g/mol. The Morgan fingerprint density at radius 1 is 1.50 bits per heavy atom. The lowest BCUT2D eigenvalue weighted by Crippen LogP contribution is -2.15. The van der Waals surface area contributed by atoms with Crippen molar-refractivity contribution in [3.8, 4) is 0 Å².